The maximum Gasteiger partial charge on any atom is 0.250 e. The highest BCUT2D eigenvalue weighted by Gasteiger charge is 2.26. The SMILES string of the molecule is C=C(C)C(=O)Nc1ccc(-c2c(C3=CC[C@H](Oc4cccc(C)n4)CC3)c3c(N)ncnc3n2C)cc1. The highest BCUT2D eigenvalue weighted by molar-refractivity contribution is 6.05. The van der Waals surface area contributed by atoms with E-state index < -0.39 is 0 Å². The molecule has 188 valence electrons. The van der Waals surface area contributed by atoms with Crippen LogP contribution in [0.1, 0.15) is 37.4 Å². The van der Waals surface area contributed by atoms with Crippen LogP contribution in [0.5, 0.6) is 5.88 Å². The predicted octanol–water partition coefficient (Wildman–Crippen LogP) is 5.45. The molecule has 0 radical (unpaired) electrons. The van der Waals surface area contributed by atoms with E-state index in [4.69, 9.17) is 10.5 Å². The smallest absolute Gasteiger partial charge is 0.250 e. The summed E-state index contributed by atoms with van der Waals surface area (Å²) < 4.78 is 8.22. The summed E-state index contributed by atoms with van der Waals surface area (Å²) in [5, 5.41) is 3.71. The van der Waals surface area contributed by atoms with E-state index in [9.17, 15) is 4.79 Å². The van der Waals surface area contributed by atoms with Crippen LogP contribution in [-0.2, 0) is 11.8 Å². The lowest BCUT2D eigenvalue weighted by atomic mass is 9.89. The minimum Gasteiger partial charge on any atom is -0.474 e. The Morgan fingerprint density at radius 2 is 1.97 bits per heavy atom. The first-order valence-corrected chi connectivity index (χ1v) is 12.3. The van der Waals surface area contributed by atoms with Gasteiger partial charge in [0.15, 0.2) is 0 Å². The summed E-state index contributed by atoms with van der Waals surface area (Å²) in [6.45, 7) is 7.34. The fourth-order valence-electron chi connectivity index (χ4n) is 4.77. The van der Waals surface area contributed by atoms with Crippen LogP contribution in [0.3, 0.4) is 0 Å². The average Bonchev–Trinajstić information content (AvgIpc) is 3.18. The Bertz CT molecular complexity index is 1530. The Labute approximate surface area is 215 Å². The Hall–Kier alpha value is -4.46. The van der Waals surface area contributed by atoms with Crippen molar-refractivity contribution in [1.29, 1.82) is 0 Å². The molecule has 0 unspecified atom stereocenters. The molecule has 0 spiro atoms. The molecule has 8 nitrogen and oxygen atoms in total. The van der Waals surface area contributed by atoms with Crippen molar-refractivity contribution < 1.29 is 9.53 Å². The maximum atomic E-state index is 12.0. The molecule has 0 saturated carbocycles. The molecular weight excluding hydrogens is 464 g/mol. The van der Waals surface area contributed by atoms with Crippen molar-refractivity contribution >= 4 is 34.0 Å². The molecule has 1 amide bonds. The number of aromatic nitrogens is 4. The largest absolute Gasteiger partial charge is 0.474 e. The van der Waals surface area contributed by atoms with E-state index in [1.165, 1.54) is 11.9 Å². The van der Waals surface area contributed by atoms with Gasteiger partial charge in [-0.2, -0.15) is 0 Å². The lowest BCUT2D eigenvalue weighted by Crippen LogP contribution is -2.19. The number of nitrogens with one attached hydrogen (secondary N) is 1. The van der Waals surface area contributed by atoms with E-state index in [0.29, 0.717) is 23.0 Å². The minimum atomic E-state index is -0.203. The number of anilines is 2. The van der Waals surface area contributed by atoms with Gasteiger partial charge in [0.05, 0.1) is 11.1 Å². The van der Waals surface area contributed by atoms with E-state index in [-0.39, 0.29) is 12.0 Å². The van der Waals surface area contributed by atoms with Crippen molar-refractivity contribution in [3.8, 4) is 17.1 Å². The fourth-order valence-corrected chi connectivity index (χ4v) is 4.77. The number of pyridine rings is 1. The van der Waals surface area contributed by atoms with E-state index >= 15 is 0 Å². The van der Waals surface area contributed by atoms with Gasteiger partial charge in [-0.25, -0.2) is 15.0 Å². The number of fused-ring (bicyclic) bond motifs is 1. The maximum absolute atomic E-state index is 12.0. The number of aryl methyl sites for hydroxylation is 2. The molecule has 1 aliphatic carbocycles. The molecule has 1 atom stereocenters. The molecule has 3 heterocycles. The zero-order valence-corrected chi connectivity index (χ0v) is 21.3. The molecule has 8 heteroatoms. The van der Waals surface area contributed by atoms with Crippen LogP contribution in [0.25, 0.3) is 27.9 Å². The van der Waals surface area contributed by atoms with Crippen LogP contribution in [-0.4, -0.2) is 31.5 Å². The van der Waals surface area contributed by atoms with Crippen LogP contribution < -0.4 is 15.8 Å². The number of benzene rings is 1. The molecule has 1 aromatic carbocycles. The monoisotopic (exact) mass is 494 g/mol. The van der Waals surface area contributed by atoms with Crippen LogP contribution in [0.2, 0.25) is 0 Å². The molecule has 4 aromatic rings. The molecular formula is C29H30N6O2. The third-order valence-corrected chi connectivity index (χ3v) is 6.63. The van der Waals surface area contributed by atoms with Crippen molar-refractivity contribution in [3.63, 3.8) is 0 Å². The normalized spacial score (nSPS) is 15.3. The molecule has 0 aliphatic heterocycles. The third-order valence-electron chi connectivity index (χ3n) is 6.63. The van der Waals surface area contributed by atoms with Crippen molar-refractivity contribution in [2.45, 2.75) is 39.2 Å². The predicted molar refractivity (Wildman–Crippen MR) is 147 cm³/mol. The molecule has 3 N–H and O–H groups in total. The zero-order chi connectivity index (χ0) is 26.1. The topological polar surface area (TPSA) is 108 Å². The second kappa shape index (κ2) is 9.89. The number of nitrogens with two attached hydrogens (primary N) is 1. The lowest BCUT2D eigenvalue weighted by Gasteiger charge is -2.23. The fraction of sp³-hybridized carbons (Fsp3) is 0.241. The van der Waals surface area contributed by atoms with E-state index in [1.807, 2.05) is 56.4 Å². The van der Waals surface area contributed by atoms with Gasteiger partial charge in [0.1, 0.15) is 23.9 Å². The van der Waals surface area contributed by atoms with Gasteiger partial charge in [-0.15, -0.1) is 0 Å². The average molecular weight is 495 g/mol. The standard InChI is InChI=1S/C29H30N6O2/c1-17(2)29(36)34-21-12-8-20(9-13-21)26-24(25-27(30)31-16-32-28(25)35(26)4)19-10-14-22(15-11-19)37-23-7-5-6-18(3)33-23/h5-10,12-13,16,22H,1,11,14-15H2,2-4H3,(H,34,36)(H2,30,31,32)/t22-/m0/s1. The van der Waals surface area contributed by atoms with Gasteiger partial charge in [0.2, 0.25) is 5.88 Å². The molecule has 5 rings (SSSR count). The molecule has 0 bridgehead atoms. The number of hydrogen-bond donors (Lipinski definition) is 2. The number of allylic oxidation sites excluding steroid dienone is 1. The highest BCUT2D eigenvalue weighted by atomic mass is 16.5. The van der Waals surface area contributed by atoms with E-state index in [0.717, 1.165) is 52.8 Å². The summed E-state index contributed by atoms with van der Waals surface area (Å²) in [7, 11) is 1.99. The molecule has 3 aromatic heterocycles. The minimum absolute atomic E-state index is 0.0567. The van der Waals surface area contributed by atoms with Gasteiger partial charge >= 0.3 is 0 Å². The van der Waals surface area contributed by atoms with Gasteiger partial charge < -0.3 is 20.4 Å². The number of amides is 1. The van der Waals surface area contributed by atoms with Crippen molar-refractivity contribution in [2.24, 2.45) is 7.05 Å². The number of nitrogen functional groups attached to an aromatic ring is 1. The molecule has 37 heavy (non-hydrogen) atoms. The Balaban J connectivity index is 1.51. The lowest BCUT2D eigenvalue weighted by molar-refractivity contribution is -0.112. The van der Waals surface area contributed by atoms with E-state index in [1.54, 1.807) is 6.92 Å². The summed E-state index contributed by atoms with van der Waals surface area (Å²) in [5.41, 5.74) is 13.5. The third kappa shape index (κ3) is 4.82. The quantitative estimate of drug-likeness (QED) is 0.345. The first kappa shape index (κ1) is 24.2. The van der Waals surface area contributed by atoms with E-state index in [2.05, 4.69) is 37.5 Å². The summed E-state index contributed by atoms with van der Waals surface area (Å²) in [6, 6.07) is 13.6. The van der Waals surface area contributed by atoms with Gasteiger partial charge in [-0.3, -0.25) is 4.79 Å². The van der Waals surface area contributed by atoms with Gasteiger partial charge in [0, 0.05) is 42.1 Å². The van der Waals surface area contributed by atoms with Crippen molar-refractivity contribution in [1.82, 2.24) is 19.5 Å². The van der Waals surface area contributed by atoms with Crippen molar-refractivity contribution in [2.75, 3.05) is 11.1 Å². The van der Waals surface area contributed by atoms with Crippen LogP contribution in [0, 0.1) is 6.92 Å². The van der Waals surface area contributed by atoms with Gasteiger partial charge in [-0.05, 0) is 56.0 Å². The highest BCUT2D eigenvalue weighted by Crippen LogP contribution is 2.42. The van der Waals surface area contributed by atoms with Crippen molar-refractivity contribution in [3.05, 3.63) is 78.3 Å². The number of carbonyl (C=O) groups excluding carboxylic acids is 1. The summed E-state index contributed by atoms with van der Waals surface area (Å²) in [4.78, 5) is 25.3. The number of ether oxygens (including phenoxy) is 1. The summed E-state index contributed by atoms with van der Waals surface area (Å²) in [5.74, 6) is 0.908. The first-order chi connectivity index (χ1) is 17.8. The Kier molecular flexibility index (Phi) is 6.48. The summed E-state index contributed by atoms with van der Waals surface area (Å²) >= 11 is 0. The molecule has 0 fully saturated rings. The first-order valence-electron chi connectivity index (χ1n) is 12.3. The van der Waals surface area contributed by atoms with Gasteiger partial charge in [-0.1, -0.05) is 30.9 Å². The second-order valence-electron chi connectivity index (χ2n) is 9.41. The summed E-state index contributed by atoms with van der Waals surface area (Å²) in [6.07, 6.45) is 6.23. The zero-order valence-electron chi connectivity index (χ0n) is 21.3. The molecule has 0 saturated heterocycles. The van der Waals surface area contributed by atoms with Gasteiger partial charge in [0.25, 0.3) is 5.91 Å². The van der Waals surface area contributed by atoms with Crippen LogP contribution in [0.15, 0.2) is 67.0 Å². The Morgan fingerprint density at radius 3 is 2.65 bits per heavy atom. The number of carbonyl (C=O) groups is 1. The molecule has 1 aliphatic rings. The number of nitrogens with zero attached hydrogens (tertiary/aromatic N) is 4. The van der Waals surface area contributed by atoms with Crippen LogP contribution >= 0.6 is 0 Å². The Morgan fingerprint density at radius 1 is 1.19 bits per heavy atom. The second-order valence-corrected chi connectivity index (χ2v) is 9.41. The number of rotatable bonds is 6. The van der Waals surface area contributed by atoms with Crippen LogP contribution in [0.4, 0.5) is 11.5 Å². The number of hydrogen-bond acceptors (Lipinski definition) is 6.